The summed E-state index contributed by atoms with van der Waals surface area (Å²) in [4.78, 5) is 20.5. The van der Waals surface area contributed by atoms with Crippen LogP contribution in [0.3, 0.4) is 0 Å². The van der Waals surface area contributed by atoms with E-state index in [1.165, 1.54) is 24.3 Å². The van der Waals surface area contributed by atoms with Crippen molar-refractivity contribution in [3.05, 3.63) is 78.0 Å². The Hall–Kier alpha value is -3.28. The Balaban J connectivity index is 1.39. The van der Waals surface area contributed by atoms with Crippen LogP contribution in [0.15, 0.2) is 61.1 Å². The van der Waals surface area contributed by atoms with Crippen LogP contribution in [0.25, 0.3) is 11.3 Å². The third kappa shape index (κ3) is 3.39. The van der Waals surface area contributed by atoms with Crippen molar-refractivity contribution in [3.63, 3.8) is 0 Å². The van der Waals surface area contributed by atoms with Gasteiger partial charge in [0.05, 0.1) is 18.4 Å². The molecule has 1 amide bonds. The van der Waals surface area contributed by atoms with E-state index in [-0.39, 0.29) is 17.8 Å². The van der Waals surface area contributed by atoms with Crippen LogP contribution in [0.1, 0.15) is 15.9 Å². The molecule has 6 heteroatoms. The van der Waals surface area contributed by atoms with E-state index in [1.807, 2.05) is 18.2 Å². The molecule has 2 heterocycles. The van der Waals surface area contributed by atoms with Gasteiger partial charge in [-0.05, 0) is 48.0 Å². The highest BCUT2D eigenvalue weighted by atomic mass is 19.1. The van der Waals surface area contributed by atoms with Crippen molar-refractivity contribution in [3.8, 4) is 17.0 Å². The fourth-order valence-corrected chi connectivity index (χ4v) is 2.95. The lowest BCUT2D eigenvalue weighted by Crippen LogP contribution is -2.34. The molecule has 0 fully saturated rings. The molecule has 0 bridgehead atoms. The minimum absolute atomic E-state index is 0.133. The summed E-state index contributed by atoms with van der Waals surface area (Å²) < 4.78 is 18.8. The summed E-state index contributed by atoms with van der Waals surface area (Å²) in [6, 6.07) is 11.4. The largest absolute Gasteiger partial charge is 0.488 e. The molecule has 1 aromatic heterocycles. The number of hydrogen-bond donors (Lipinski definition) is 1. The zero-order valence-corrected chi connectivity index (χ0v) is 13.9. The van der Waals surface area contributed by atoms with Crippen molar-refractivity contribution in [2.75, 3.05) is 6.54 Å². The molecule has 130 valence electrons. The van der Waals surface area contributed by atoms with Crippen LogP contribution in [0.2, 0.25) is 0 Å². The van der Waals surface area contributed by atoms with Gasteiger partial charge in [0, 0.05) is 29.9 Å². The number of carbonyl (C=O) groups excluding carboxylic acids is 1. The van der Waals surface area contributed by atoms with Crippen LogP contribution in [0, 0.1) is 5.82 Å². The van der Waals surface area contributed by atoms with E-state index in [0.717, 1.165) is 22.6 Å². The fraction of sp³-hybridized carbons (Fsp3) is 0.150. The quantitative estimate of drug-likeness (QED) is 0.786. The van der Waals surface area contributed by atoms with Gasteiger partial charge in [0.2, 0.25) is 0 Å². The molecule has 1 N–H and O–H groups in total. The normalized spacial score (nSPS) is 15.2. The average molecular weight is 349 g/mol. The van der Waals surface area contributed by atoms with E-state index in [0.29, 0.717) is 18.5 Å². The van der Waals surface area contributed by atoms with E-state index in [1.54, 1.807) is 18.6 Å². The molecular formula is C20H16FN3O2. The number of rotatable bonds is 4. The van der Waals surface area contributed by atoms with Gasteiger partial charge >= 0.3 is 0 Å². The lowest BCUT2D eigenvalue weighted by atomic mass is 10.0. The highest BCUT2D eigenvalue weighted by Crippen LogP contribution is 2.32. The zero-order chi connectivity index (χ0) is 17.9. The Morgan fingerprint density at radius 3 is 2.81 bits per heavy atom. The van der Waals surface area contributed by atoms with Crippen molar-refractivity contribution in [2.45, 2.75) is 12.5 Å². The second kappa shape index (κ2) is 6.92. The van der Waals surface area contributed by atoms with Gasteiger partial charge in [-0.25, -0.2) is 4.39 Å². The summed E-state index contributed by atoms with van der Waals surface area (Å²) >= 11 is 0. The summed E-state index contributed by atoms with van der Waals surface area (Å²) in [5, 5.41) is 2.83. The molecule has 0 saturated carbocycles. The molecule has 26 heavy (non-hydrogen) atoms. The molecule has 1 aliphatic rings. The molecule has 0 unspecified atom stereocenters. The maximum atomic E-state index is 12.9. The molecule has 4 rings (SSSR count). The van der Waals surface area contributed by atoms with E-state index in [2.05, 4.69) is 15.3 Å². The Kier molecular flexibility index (Phi) is 4.31. The number of halogens is 1. The lowest BCUT2D eigenvalue weighted by Gasteiger charge is -2.12. The van der Waals surface area contributed by atoms with Gasteiger partial charge in [-0.2, -0.15) is 0 Å². The van der Waals surface area contributed by atoms with Crippen molar-refractivity contribution >= 4 is 5.91 Å². The van der Waals surface area contributed by atoms with Gasteiger partial charge < -0.3 is 10.1 Å². The maximum absolute atomic E-state index is 12.9. The number of fused-ring (bicyclic) bond motifs is 1. The van der Waals surface area contributed by atoms with Gasteiger partial charge in [-0.3, -0.25) is 14.8 Å². The predicted molar refractivity (Wildman–Crippen MR) is 94.3 cm³/mol. The maximum Gasteiger partial charge on any atom is 0.251 e. The number of hydrogen-bond acceptors (Lipinski definition) is 4. The van der Waals surface area contributed by atoms with Crippen LogP contribution in [-0.4, -0.2) is 28.5 Å². The third-order valence-electron chi connectivity index (χ3n) is 4.26. The first-order valence-corrected chi connectivity index (χ1v) is 8.29. The summed E-state index contributed by atoms with van der Waals surface area (Å²) in [5.41, 5.74) is 3.29. The summed E-state index contributed by atoms with van der Waals surface area (Å²) in [5.74, 6) is 0.207. The highest BCUT2D eigenvalue weighted by Gasteiger charge is 2.24. The highest BCUT2D eigenvalue weighted by molar-refractivity contribution is 5.94. The van der Waals surface area contributed by atoms with Crippen molar-refractivity contribution in [1.82, 2.24) is 15.3 Å². The Labute approximate surface area is 149 Å². The zero-order valence-electron chi connectivity index (χ0n) is 13.9. The number of benzene rings is 2. The molecule has 0 spiro atoms. The number of nitrogens with one attached hydrogen (secondary N) is 1. The molecule has 0 saturated heterocycles. The molecular weight excluding hydrogens is 333 g/mol. The fourth-order valence-electron chi connectivity index (χ4n) is 2.95. The first kappa shape index (κ1) is 16.2. The van der Waals surface area contributed by atoms with Crippen LogP contribution in [-0.2, 0) is 6.42 Å². The molecule has 3 aromatic rings. The second-order valence-corrected chi connectivity index (χ2v) is 6.07. The monoisotopic (exact) mass is 349 g/mol. The number of ether oxygens (including phenoxy) is 1. The van der Waals surface area contributed by atoms with Crippen LogP contribution in [0.4, 0.5) is 4.39 Å². The molecule has 0 aliphatic carbocycles. The number of nitrogens with zero attached hydrogens (tertiary/aromatic N) is 2. The first-order chi connectivity index (χ1) is 12.7. The lowest BCUT2D eigenvalue weighted by molar-refractivity contribution is 0.0933. The Morgan fingerprint density at radius 1 is 1.19 bits per heavy atom. The standard InChI is InChI=1S/C20H16FN3O2/c21-16-4-1-13(2-5-16)20(25)24-11-17-10-15-9-14(3-6-19(15)26-17)18-12-22-7-8-23-18/h1-9,12,17H,10-11H2,(H,24,25)/t17-/m1/s1. The SMILES string of the molecule is O=C(NC[C@H]1Cc2cc(-c3cnccn3)ccc2O1)c1ccc(F)cc1. The Bertz CT molecular complexity index is 930. The van der Waals surface area contributed by atoms with Crippen LogP contribution in [0.5, 0.6) is 5.75 Å². The van der Waals surface area contributed by atoms with Gasteiger partial charge in [-0.15, -0.1) is 0 Å². The van der Waals surface area contributed by atoms with Gasteiger partial charge in [-0.1, -0.05) is 0 Å². The topological polar surface area (TPSA) is 64.1 Å². The van der Waals surface area contributed by atoms with Crippen molar-refractivity contribution in [1.29, 1.82) is 0 Å². The molecule has 2 aromatic carbocycles. The molecule has 0 radical (unpaired) electrons. The minimum atomic E-state index is -0.366. The number of aromatic nitrogens is 2. The van der Waals surface area contributed by atoms with Crippen molar-refractivity contribution < 1.29 is 13.9 Å². The van der Waals surface area contributed by atoms with E-state index in [9.17, 15) is 9.18 Å². The van der Waals surface area contributed by atoms with Crippen molar-refractivity contribution in [2.24, 2.45) is 0 Å². The second-order valence-electron chi connectivity index (χ2n) is 6.07. The van der Waals surface area contributed by atoms with E-state index < -0.39 is 0 Å². The van der Waals surface area contributed by atoms with Gasteiger partial charge in [0.15, 0.2) is 0 Å². The minimum Gasteiger partial charge on any atom is -0.488 e. The van der Waals surface area contributed by atoms with E-state index >= 15 is 0 Å². The van der Waals surface area contributed by atoms with Crippen LogP contribution >= 0.6 is 0 Å². The average Bonchev–Trinajstić information content (AvgIpc) is 3.09. The van der Waals surface area contributed by atoms with Crippen LogP contribution < -0.4 is 10.1 Å². The Morgan fingerprint density at radius 2 is 2.04 bits per heavy atom. The van der Waals surface area contributed by atoms with E-state index in [4.69, 9.17) is 4.74 Å². The first-order valence-electron chi connectivity index (χ1n) is 8.29. The smallest absolute Gasteiger partial charge is 0.251 e. The molecule has 5 nitrogen and oxygen atoms in total. The van der Waals surface area contributed by atoms with Gasteiger partial charge in [0.25, 0.3) is 5.91 Å². The number of amides is 1. The molecule has 1 aliphatic heterocycles. The summed E-state index contributed by atoms with van der Waals surface area (Å²) in [7, 11) is 0. The van der Waals surface area contributed by atoms with Gasteiger partial charge in [0.1, 0.15) is 17.7 Å². The summed E-state index contributed by atoms with van der Waals surface area (Å²) in [6.07, 6.45) is 5.59. The predicted octanol–water partition coefficient (Wildman–Crippen LogP) is 3.02. The summed E-state index contributed by atoms with van der Waals surface area (Å²) in [6.45, 7) is 0.380. The third-order valence-corrected chi connectivity index (χ3v) is 4.26. The molecule has 1 atom stereocenters. The number of carbonyl (C=O) groups is 1.